The van der Waals surface area contributed by atoms with Gasteiger partial charge in [0.15, 0.2) is 0 Å². The van der Waals surface area contributed by atoms with E-state index in [1.807, 2.05) is 13.8 Å². The van der Waals surface area contributed by atoms with E-state index in [0.717, 1.165) is 16.5 Å². The lowest BCUT2D eigenvalue weighted by atomic mass is 9.93. The predicted molar refractivity (Wildman–Crippen MR) is 138 cm³/mol. The van der Waals surface area contributed by atoms with Crippen LogP contribution in [-0.2, 0) is 9.53 Å². The molecule has 1 saturated heterocycles. The van der Waals surface area contributed by atoms with Gasteiger partial charge >= 0.3 is 5.97 Å². The number of likely N-dealkylation sites (tertiary alicyclic amines) is 1. The zero-order chi connectivity index (χ0) is 26.1. The molecule has 3 aromatic rings. The van der Waals surface area contributed by atoms with E-state index in [2.05, 4.69) is 6.07 Å². The second-order valence-corrected chi connectivity index (χ2v) is 9.87. The van der Waals surface area contributed by atoms with Gasteiger partial charge in [-0.05, 0) is 68.0 Å². The zero-order valence-corrected chi connectivity index (χ0v) is 21.7. The SMILES string of the molecule is COC(=O)CC1CCN(C(=O)c2ccc(Cl)c(C(=O)n3cc(C)c4cc(C#N)cc(C)c43)c2Cl)CC1. The maximum absolute atomic E-state index is 13.7. The van der Waals surface area contributed by atoms with Gasteiger partial charge in [-0.3, -0.25) is 19.0 Å². The van der Waals surface area contributed by atoms with Crippen LogP contribution in [0.25, 0.3) is 10.9 Å². The smallest absolute Gasteiger partial charge is 0.305 e. The lowest BCUT2D eigenvalue weighted by Gasteiger charge is -2.32. The van der Waals surface area contributed by atoms with Crippen molar-refractivity contribution in [2.45, 2.75) is 33.1 Å². The van der Waals surface area contributed by atoms with E-state index in [-0.39, 0.29) is 39.0 Å². The number of nitriles is 1. The summed E-state index contributed by atoms with van der Waals surface area (Å²) in [6.45, 7) is 4.65. The number of aromatic nitrogens is 1. The Labute approximate surface area is 219 Å². The highest BCUT2D eigenvalue weighted by molar-refractivity contribution is 6.41. The maximum atomic E-state index is 13.7. The molecule has 0 N–H and O–H groups in total. The van der Waals surface area contributed by atoms with Crippen LogP contribution in [0.2, 0.25) is 10.0 Å². The molecule has 1 fully saturated rings. The molecule has 4 rings (SSSR count). The van der Waals surface area contributed by atoms with Crippen molar-refractivity contribution in [3.05, 3.63) is 68.3 Å². The Bertz CT molecular complexity index is 1430. The minimum atomic E-state index is -0.456. The van der Waals surface area contributed by atoms with Crippen molar-refractivity contribution in [1.82, 2.24) is 9.47 Å². The quantitative estimate of drug-likeness (QED) is 0.417. The van der Waals surface area contributed by atoms with Gasteiger partial charge in [0.25, 0.3) is 11.8 Å². The number of halogens is 2. The van der Waals surface area contributed by atoms with Gasteiger partial charge in [0.2, 0.25) is 0 Å². The minimum absolute atomic E-state index is 0.0000136. The minimum Gasteiger partial charge on any atom is -0.469 e. The van der Waals surface area contributed by atoms with Gasteiger partial charge in [0.1, 0.15) is 0 Å². The number of amides is 1. The summed E-state index contributed by atoms with van der Waals surface area (Å²) in [6.07, 6.45) is 3.37. The van der Waals surface area contributed by atoms with Crippen molar-refractivity contribution >= 4 is 51.9 Å². The van der Waals surface area contributed by atoms with Gasteiger partial charge in [-0.1, -0.05) is 23.2 Å². The number of hydrogen-bond donors (Lipinski definition) is 0. The van der Waals surface area contributed by atoms with Crippen LogP contribution in [-0.4, -0.2) is 47.4 Å². The molecular formula is C27H25Cl2N3O4. The molecule has 0 spiro atoms. The van der Waals surface area contributed by atoms with Crippen LogP contribution < -0.4 is 0 Å². The first kappa shape index (κ1) is 25.7. The molecule has 9 heteroatoms. The predicted octanol–water partition coefficient (Wildman–Crippen LogP) is 5.54. The molecule has 186 valence electrons. The molecule has 7 nitrogen and oxygen atoms in total. The number of rotatable bonds is 4. The Kier molecular flexibility index (Phi) is 7.39. The van der Waals surface area contributed by atoms with E-state index in [4.69, 9.17) is 27.9 Å². The number of aryl methyl sites for hydroxylation is 2. The Morgan fingerprint density at radius 1 is 1.08 bits per heavy atom. The topological polar surface area (TPSA) is 92.4 Å². The summed E-state index contributed by atoms with van der Waals surface area (Å²) in [5.41, 5.74) is 3.01. The Balaban J connectivity index is 1.65. The average molecular weight is 526 g/mol. The number of carbonyl (C=O) groups excluding carboxylic acids is 3. The van der Waals surface area contributed by atoms with Crippen molar-refractivity contribution < 1.29 is 19.1 Å². The first-order chi connectivity index (χ1) is 17.2. The normalized spacial score (nSPS) is 14.1. The second-order valence-electron chi connectivity index (χ2n) is 9.09. The number of piperidine rings is 1. The fourth-order valence-electron chi connectivity index (χ4n) is 4.82. The molecule has 0 radical (unpaired) electrons. The van der Waals surface area contributed by atoms with Crippen LogP contribution in [0, 0.1) is 31.1 Å². The molecule has 1 aliphatic heterocycles. The highest BCUT2D eigenvalue weighted by atomic mass is 35.5. The molecule has 1 amide bonds. The first-order valence-corrected chi connectivity index (χ1v) is 12.3. The summed E-state index contributed by atoms with van der Waals surface area (Å²) in [5, 5.41) is 10.2. The molecule has 0 saturated carbocycles. The number of fused-ring (bicyclic) bond motifs is 1. The second kappa shape index (κ2) is 10.3. The standard InChI is InChI=1S/C27H25Cl2N3O4/c1-15-10-18(13-30)11-20-16(2)14-32(25(15)20)27(35)23-21(28)5-4-19(24(23)29)26(34)31-8-6-17(7-9-31)12-22(33)36-3/h4-5,10-11,14,17H,6-9,12H2,1-3H3. The number of hydrogen-bond acceptors (Lipinski definition) is 5. The van der Waals surface area contributed by atoms with Crippen LogP contribution in [0.15, 0.2) is 30.5 Å². The number of nitrogens with zero attached hydrogens (tertiary/aromatic N) is 3. The van der Waals surface area contributed by atoms with E-state index in [1.165, 1.54) is 23.8 Å². The van der Waals surface area contributed by atoms with E-state index in [0.29, 0.717) is 43.4 Å². The average Bonchev–Trinajstić information content (AvgIpc) is 3.20. The molecule has 36 heavy (non-hydrogen) atoms. The van der Waals surface area contributed by atoms with E-state index < -0.39 is 5.91 Å². The summed E-state index contributed by atoms with van der Waals surface area (Å²) >= 11 is 13.1. The van der Waals surface area contributed by atoms with Crippen molar-refractivity contribution in [2.75, 3.05) is 20.2 Å². The third kappa shape index (κ3) is 4.71. The largest absolute Gasteiger partial charge is 0.469 e. The molecule has 2 aromatic carbocycles. The number of methoxy groups -OCH3 is 1. The van der Waals surface area contributed by atoms with E-state index in [1.54, 1.807) is 23.2 Å². The fourth-order valence-corrected chi connectivity index (χ4v) is 5.43. The maximum Gasteiger partial charge on any atom is 0.305 e. The number of esters is 1. The van der Waals surface area contributed by atoms with Crippen LogP contribution >= 0.6 is 23.2 Å². The van der Waals surface area contributed by atoms with Crippen LogP contribution in [0.5, 0.6) is 0 Å². The Morgan fingerprint density at radius 3 is 2.42 bits per heavy atom. The van der Waals surface area contributed by atoms with Crippen LogP contribution in [0.3, 0.4) is 0 Å². The summed E-state index contributed by atoms with van der Waals surface area (Å²) in [6, 6.07) is 8.65. The van der Waals surface area contributed by atoms with Crippen LogP contribution in [0.4, 0.5) is 0 Å². The molecule has 0 aliphatic carbocycles. The molecule has 0 atom stereocenters. The number of carbonyl (C=O) groups is 3. The zero-order valence-electron chi connectivity index (χ0n) is 20.2. The van der Waals surface area contributed by atoms with Gasteiger partial charge in [-0.15, -0.1) is 0 Å². The van der Waals surface area contributed by atoms with Gasteiger partial charge in [-0.2, -0.15) is 5.26 Å². The highest BCUT2D eigenvalue weighted by Crippen LogP contribution is 2.33. The summed E-state index contributed by atoms with van der Waals surface area (Å²) in [7, 11) is 1.37. The first-order valence-electron chi connectivity index (χ1n) is 11.6. The van der Waals surface area contributed by atoms with E-state index >= 15 is 0 Å². The van der Waals surface area contributed by atoms with Gasteiger partial charge < -0.3 is 9.64 Å². The number of benzene rings is 2. The summed E-state index contributed by atoms with van der Waals surface area (Å²) in [4.78, 5) is 40.3. The van der Waals surface area contributed by atoms with Gasteiger partial charge in [0, 0.05) is 31.1 Å². The third-order valence-corrected chi connectivity index (χ3v) is 7.46. The molecule has 2 heterocycles. The Morgan fingerprint density at radius 2 is 1.78 bits per heavy atom. The van der Waals surface area contributed by atoms with E-state index in [9.17, 15) is 19.6 Å². The molecule has 0 unspecified atom stereocenters. The summed E-state index contributed by atoms with van der Waals surface area (Å²) < 4.78 is 6.22. The van der Waals surface area contributed by atoms with Crippen LogP contribution in [0.1, 0.15) is 56.7 Å². The van der Waals surface area contributed by atoms with Gasteiger partial charge in [-0.25, -0.2) is 0 Å². The van der Waals surface area contributed by atoms with Crippen molar-refractivity contribution in [3.8, 4) is 6.07 Å². The summed E-state index contributed by atoms with van der Waals surface area (Å²) in [5.74, 6) is -0.835. The van der Waals surface area contributed by atoms with Gasteiger partial charge in [0.05, 0.1) is 45.4 Å². The lowest BCUT2D eigenvalue weighted by molar-refractivity contribution is -0.142. The molecular weight excluding hydrogens is 501 g/mol. The molecule has 0 bridgehead atoms. The number of ether oxygens (including phenoxy) is 1. The lowest BCUT2D eigenvalue weighted by Crippen LogP contribution is -2.39. The third-order valence-electron chi connectivity index (χ3n) is 6.76. The van der Waals surface area contributed by atoms with Crippen molar-refractivity contribution in [3.63, 3.8) is 0 Å². The monoisotopic (exact) mass is 525 g/mol. The van der Waals surface area contributed by atoms with Crippen molar-refractivity contribution in [2.24, 2.45) is 5.92 Å². The Hall–Kier alpha value is -3.34. The van der Waals surface area contributed by atoms with Crippen molar-refractivity contribution in [1.29, 1.82) is 5.26 Å². The molecule has 1 aromatic heterocycles. The molecule has 1 aliphatic rings. The fraction of sp³-hybridized carbons (Fsp3) is 0.333. The highest BCUT2D eigenvalue weighted by Gasteiger charge is 2.29.